The lowest BCUT2D eigenvalue weighted by molar-refractivity contribution is -0.141. The average molecular weight is 514 g/mol. The van der Waals surface area contributed by atoms with Gasteiger partial charge in [0.2, 0.25) is 0 Å². The zero-order chi connectivity index (χ0) is 26.7. The molecular formula is C30H44FN3O3. The van der Waals surface area contributed by atoms with Crippen molar-refractivity contribution in [3.63, 3.8) is 0 Å². The molecule has 4 atom stereocenters. The van der Waals surface area contributed by atoms with E-state index >= 15 is 4.39 Å². The molecule has 37 heavy (non-hydrogen) atoms. The van der Waals surface area contributed by atoms with Crippen LogP contribution in [0.1, 0.15) is 100 Å². The van der Waals surface area contributed by atoms with E-state index in [1.807, 2.05) is 18.2 Å². The molecular weight excluding hydrogens is 469 g/mol. The van der Waals surface area contributed by atoms with E-state index in [2.05, 4.69) is 6.92 Å². The third-order valence-corrected chi connectivity index (χ3v) is 8.69. The maximum atomic E-state index is 15.5. The molecule has 7 heteroatoms. The van der Waals surface area contributed by atoms with Crippen LogP contribution < -0.4 is 0 Å². The van der Waals surface area contributed by atoms with Gasteiger partial charge in [0.25, 0.3) is 11.8 Å². The molecule has 2 amide bonds. The Morgan fingerprint density at radius 1 is 1.14 bits per heavy atom. The van der Waals surface area contributed by atoms with Crippen molar-refractivity contribution in [1.29, 1.82) is 0 Å². The number of carbonyl (C=O) groups excluding carboxylic acids is 2. The third kappa shape index (κ3) is 6.08. The summed E-state index contributed by atoms with van der Waals surface area (Å²) in [6.45, 7) is 9.53. The number of amides is 2. The van der Waals surface area contributed by atoms with Gasteiger partial charge in [-0.25, -0.2) is 4.39 Å². The van der Waals surface area contributed by atoms with Gasteiger partial charge in [-0.05, 0) is 69.4 Å². The molecule has 4 rings (SSSR count). The molecule has 2 fully saturated rings. The SMILES string of the molecule is CCCC1CCN=C2CCC(c3ccc(C(=O)N4CCN(C(=O)C(O)CC)CC4)c(C(C)(C)F)c3)CC21. The Bertz CT molecular complexity index is 1010. The fourth-order valence-corrected chi connectivity index (χ4v) is 6.50. The summed E-state index contributed by atoms with van der Waals surface area (Å²) >= 11 is 0. The first kappa shape index (κ1) is 27.7. The number of hydrogen-bond donors (Lipinski definition) is 1. The van der Waals surface area contributed by atoms with Gasteiger partial charge in [0, 0.05) is 55.5 Å². The number of benzene rings is 1. The molecule has 1 saturated heterocycles. The number of alkyl halides is 1. The Balaban J connectivity index is 1.51. The van der Waals surface area contributed by atoms with Crippen LogP contribution in [-0.4, -0.2) is 71.3 Å². The predicted molar refractivity (Wildman–Crippen MR) is 145 cm³/mol. The first-order valence-corrected chi connectivity index (χ1v) is 14.3. The second-order valence-corrected chi connectivity index (χ2v) is 11.6. The lowest BCUT2D eigenvalue weighted by Crippen LogP contribution is -2.53. The Kier molecular flexibility index (Phi) is 8.72. The molecule has 6 nitrogen and oxygen atoms in total. The van der Waals surface area contributed by atoms with Crippen molar-refractivity contribution in [3.05, 3.63) is 34.9 Å². The van der Waals surface area contributed by atoms with Crippen molar-refractivity contribution in [2.75, 3.05) is 32.7 Å². The molecule has 0 spiro atoms. The predicted octanol–water partition coefficient (Wildman–Crippen LogP) is 5.09. The molecule has 2 aliphatic heterocycles. The van der Waals surface area contributed by atoms with Crippen LogP contribution in [0.4, 0.5) is 4.39 Å². The largest absolute Gasteiger partial charge is 0.383 e. The average Bonchev–Trinajstić information content (AvgIpc) is 2.91. The number of aliphatic imine (C=N–C) groups is 1. The van der Waals surface area contributed by atoms with Crippen LogP contribution in [0.5, 0.6) is 0 Å². The van der Waals surface area contributed by atoms with Crippen LogP contribution in [0.25, 0.3) is 0 Å². The van der Waals surface area contributed by atoms with E-state index < -0.39 is 11.8 Å². The molecule has 2 heterocycles. The molecule has 0 aromatic heterocycles. The zero-order valence-electron chi connectivity index (χ0n) is 23.0. The van der Waals surface area contributed by atoms with Crippen molar-refractivity contribution in [2.45, 2.75) is 90.3 Å². The number of hydrogen-bond acceptors (Lipinski definition) is 4. The maximum absolute atomic E-state index is 15.5. The maximum Gasteiger partial charge on any atom is 0.254 e. The monoisotopic (exact) mass is 513 g/mol. The van der Waals surface area contributed by atoms with Crippen LogP contribution in [0.2, 0.25) is 0 Å². The van der Waals surface area contributed by atoms with Crippen LogP contribution in [0.3, 0.4) is 0 Å². The van der Waals surface area contributed by atoms with Gasteiger partial charge in [-0.2, -0.15) is 0 Å². The summed E-state index contributed by atoms with van der Waals surface area (Å²) in [6, 6.07) is 5.79. The van der Waals surface area contributed by atoms with Gasteiger partial charge in [-0.3, -0.25) is 14.6 Å². The van der Waals surface area contributed by atoms with Crippen molar-refractivity contribution >= 4 is 17.5 Å². The van der Waals surface area contributed by atoms with Gasteiger partial charge in [0.05, 0.1) is 0 Å². The molecule has 1 aromatic rings. The van der Waals surface area contributed by atoms with Gasteiger partial charge in [0.1, 0.15) is 11.8 Å². The number of fused-ring (bicyclic) bond motifs is 1. The fourth-order valence-electron chi connectivity index (χ4n) is 6.50. The standard InChI is InChI=1S/C30H44FN3O3/c1-5-7-20-12-13-32-26-11-9-21(18-24(20)26)22-8-10-23(25(19-22)30(3,4)31)28(36)33-14-16-34(17-15-33)29(37)27(35)6-2/h8,10,19-21,24,27,35H,5-7,9,11-18H2,1-4H3. The second kappa shape index (κ2) is 11.6. The van der Waals surface area contributed by atoms with Crippen LogP contribution in [0, 0.1) is 11.8 Å². The number of piperazine rings is 1. The second-order valence-electron chi connectivity index (χ2n) is 11.6. The normalized spacial score (nSPS) is 25.4. The molecule has 0 radical (unpaired) electrons. The van der Waals surface area contributed by atoms with Crippen molar-refractivity contribution in [2.24, 2.45) is 16.8 Å². The van der Waals surface area contributed by atoms with Gasteiger partial charge >= 0.3 is 0 Å². The molecule has 1 aliphatic carbocycles. The van der Waals surface area contributed by atoms with Crippen molar-refractivity contribution in [1.82, 2.24) is 9.80 Å². The highest BCUT2D eigenvalue weighted by atomic mass is 19.1. The summed E-state index contributed by atoms with van der Waals surface area (Å²) in [5, 5.41) is 9.88. The zero-order valence-corrected chi connectivity index (χ0v) is 23.0. The third-order valence-electron chi connectivity index (χ3n) is 8.69. The van der Waals surface area contributed by atoms with E-state index in [9.17, 15) is 14.7 Å². The number of rotatable bonds is 7. The molecule has 1 saturated carbocycles. The molecule has 3 aliphatic rings. The molecule has 204 valence electrons. The lowest BCUT2D eigenvalue weighted by Gasteiger charge is -2.39. The molecule has 1 N–H and O–H groups in total. The van der Waals surface area contributed by atoms with E-state index in [-0.39, 0.29) is 11.8 Å². The van der Waals surface area contributed by atoms with Gasteiger partial charge < -0.3 is 14.9 Å². The highest BCUT2D eigenvalue weighted by Crippen LogP contribution is 2.43. The van der Waals surface area contributed by atoms with E-state index in [0.29, 0.717) is 61.5 Å². The minimum Gasteiger partial charge on any atom is -0.383 e. The summed E-state index contributed by atoms with van der Waals surface area (Å²) in [5.74, 6) is 1.10. The van der Waals surface area contributed by atoms with Crippen LogP contribution >= 0.6 is 0 Å². The topological polar surface area (TPSA) is 73.2 Å². The van der Waals surface area contributed by atoms with E-state index in [1.165, 1.54) is 38.8 Å². The summed E-state index contributed by atoms with van der Waals surface area (Å²) in [5.41, 5.74) is 1.72. The number of aliphatic hydroxyl groups excluding tert-OH is 1. The van der Waals surface area contributed by atoms with E-state index in [0.717, 1.165) is 31.4 Å². The highest BCUT2D eigenvalue weighted by Gasteiger charge is 2.36. The molecule has 0 bridgehead atoms. The number of nitrogens with zero attached hydrogens (tertiary/aromatic N) is 3. The Labute approximate surface area is 221 Å². The van der Waals surface area contributed by atoms with Crippen LogP contribution in [-0.2, 0) is 10.5 Å². The minimum absolute atomic E-state index is 0.191. The molecule has 4 unspecified atom stereocenters. The highest BCUT2D eigenvalue weighted by molar-refractivity contribution is 5.96. The van der Waals surface area contributed by atoms with E-state index in [1.54, 1.807) is 16.7 Å². The van der Waals surface area contributed by atoms with E-state index in [4.69, 9.17) is 4.99 Å². The van der Waals surface area contributed by atoms with Gasteiger partial charge in [-0.1, -0.05) is 38.8 Å². The van der Waals surface area contributed by atoms with Gasteiger partial charge in [0.15, 0.2) is 0 Å². The minimum atomic E-state index is -1.65. The Morgan fingerprint density at radius 3 is 2.49 bits per heavy atom. The summed E-state index contributed by atoms with van der Waals surface area (Å²) < 4.78 is 15.5. The van der Waals surface area contributed by atoms with Gasteiger partial charge in [-0.15, -0.1) is 0 Å². The fraction of sp³-hybridized carbons (Fsp3) is 0.700. The van der Waals surface area contributed by atoms with Crippen molar-refractivity contribution in [3.8, 4) is 0 Å². The summed E-state index contributed by atoms with van der Waals surface area (Å²) in [4.78, 5) is 34.0. The Morgan fingerprint density at radius 2 is 1.84 bits per heavy atom. The first-order valence-electron chi connectivity index (χ1n) is 14.3. The smallest absolute Gasteiger partial charge is 0.254 e. The van der Waals surface area contributed by atoms with Crippen LogP contribution in [0.15, 0.2) is 23.2 Å². The quantitative estimate of drug-likeness (QED) is 0.552. The number of carbonyl (C=O) groups is 2. The summed E-state index contributed by atoms with van der Waals surface area (Å²) in [7, 11) is 0. The lowest BCUT2D eigenvalue weighted by atomic mass is 9.68. The number of halogens is 1. The Hall–Kier alpha value is -2.28. The summed E-state index contributed by atoms with van der Waals surface area (Å²) in [6.07, 6.45) is 6.06. The molecule has 1 aromatic carbocycles. The number of aliphatic hydroxyl groups is 1. The first-order chi connectivity index (χ1) is 17.6. The van der Waals surface area contributed by atoms with Crippen molar-refractivity contribution < 1.29 is 19.1 Å².